The molecule has 1 aliphatic heterocycles. The summed E-state index contributed by atoms with van der Waals surface area (Å²) < 4.78 is 6.77. The van der Waals surface area contributed by atoms with Crippen molar-refractivity contribution in [2.45, 2.75) is 32.5 Å². The van der Waals surface area contributed by atoms with Crippen LogP contribution < -0.4 is 5.32 Å². The number of morpholine rings is 1. The lowest BCUT2D eigenvalue weighted by molar-refractivity contribution is -0.121. The molecule has 25 heavy (non-hydrogen) atoms. The van der Waals surface area contributed by atoms with Gasteiger partial charge in [0.15, 0.2) is 5.13 Å². The van der Waals surface area contributed by atoms with E-state index in [0.717, 1.165) is 28.9 Å². The van der Waals surface area contributed by atoms with Crippen molar-refractivity contribution in [3.8, 4) is 0 Å². The summed E-state index contributed by atoms with van der Waals surface area (Å²) in [5.74, 6) is -0.0224. The minimum atomic E-state index is -0.0224. The van der Waals surface area contributed by atoms with Crippen LogP contribution in [0.1, 0.15) is 24.3 Å². The second-order valence-electron chi connectivity index (χ2n) is 6.43. The molecule has 0 radical (unpaired) electrons. The number of hydrogen-bond donors (Lipinski definition) is 1. The maximum Gasteiger partial charge on any atom is 0.240 e. The Hall–Kier alpha value is -1.28. The van der Waals surface area contributed by atoms with Gasteiger partial charge in [0.1, 0.15) is 0 Å². The second kappa shape index (κ2) is 8.40. The first kappa shape index (κ1) is 18.5. The summed E-state index contributed by atoms with van der Waals surface area (Å²) in [6, 6.07) is 8.23. The van der Waals surface area contributed by atoms with Crippen LogP contribution in [0.15, 0.2) is 34.9 Å². The highest BCUT2D eigenvalue weighted by Crippen LogP contribution is 2.22. The first-order valence-electron chi connectivity index (χ1n) is 8.35. The molecule has 1 aromatic heterocycles. The molecule has 1 aliphatic rings. The number of nitrogens with one attached hydrogen (secondary N) is 1. The maximum absolute atomic E-state index is 12.3. The number of benzene rings is 1. The van der Waals surface area contributed by atoms with Crippen LogP contribution in [0.25, 0.3) is 0 Å². The predicted octanol–water partition coefficient (Wildman–Crippen LogP) is 3.54. The quantitative estimate of drug-likeness (QED) is 0.798. The monoisotopic (exact) mass is 423 g/mol. The average molecular weight is 424 g/mol. The Balaban J connectivity index is 1.52. The van der Waals surface area contributed by atoms with Crippen LogP contribution in [0.4, 0.5) is 5.13 Å². The summed E-state index contributed by atoms with van der Waals surface area (Å²) in [6.45, 7) is 6.01. The highest BCUT2D eigenvalue weighted by atomic mass is 79.9. The van der Waals surface area contributed by atoms with Crippen LogP contribution in [0, 0.1) is 0 Å². The topological polar surface area (TPSA) is 54.5 Å². The van der Waals surface area contributed by atoms with Crippen molar-refractivity contribution in [2.75, 3.05) is 25.0 Å². The van der Waals surface area contributed by atoms with Gasteiger partial charge in [0.05, 0.1) is 18.8 Å². The summed E-state index contributed by atoms with van der Waals surface area (Å²) >= 11 is 4.97. The van der Waals surface area contributed by atoms with E-state index in [1.165, 1.54) is 16.9 Å². The lowest BCUT2D eigenvalue weighted by Crippen LogP contribution is -2.48. The predicted molar refractivity (Wildman–Crippen MR) is 104 cm³/mol. The number of amides is 1. The van der Waals surface area contributed by atoms with Gasteiger partial charge in [-0.05, 0) is 31.5 Å². The van der Waals surface area contributed by atoms with Gasteiger partial charge in [0.2, 0.25) is 5.91 Å². The first-order valence-corrected chi connectivity index (χ1v) is 9.95. The third-order valence-corrected chi connectivity index (χ3v) is 5.40. The SMILES string of the molecule is C[C@@H]1CN(CC(=O)Nc2ncc(Cc3ccc(Br)cc3)s2)C[C@@H](C)O1. The Morgan fingerprint density at radius 1 is 1.32 bits per heavy atom. The number of carbonyl (C=O) groups excluding carboxylic acids is 1. The molecule has 2 heterocycles. The molecule has 1 saturated heterocycles. The van der Waals surface area contributed by atoms with Crippen LogP contribution in [0.2, 0.25) is 0 Å². The van der Waals surface area contributed by atoms with Crippen molar-refractivity contribution in [1.29, 1.82) is 0 Å². The molecule has 1 fully saturated rings. The third kappa shape index (κ3) is 5.60. The smallest absolute Gasteiger partial charge is 0.240 e. The van der Waals surface area contributed by atoms with E-state index in [4.69, 9.17) is 4.74 Å². The van der Waals surface area contributed by atoms with Crippen molar-refractivity contribution < 1.29 is 9.53 Å². The third-order valence-electron chi connectivity index (χ3n) is 3.95. The van der Waals surface area contributed by atoms with E-state index >= 15 is 0 Å². The molecule has 134 valence electrons. The number of nitrogens with zero attached hydrogens (tertiary/aromatic N) is 2. The fourth-order valence-electron chi connectivity index (χ4n) is 3.03. The highest BCUT2D eigenvalue weighted by Gasteiger charge is 2.23. The summed E-state index contributed by atoms with van der Waals surface area (Å²) in [4.78, 5) is 19.9. The largest absolute Gasteiger partial charge is 0.373 e. The van der Waals surface area contributed by atoms with E-state index in [2.05, 4.69) is 43.3 Å². The Kier molecular flexibility index (Phi) is 6.22. The fourth-order valence-corrected chi connectivity index (χ4v) is 4.15. The molecule has 7 heteroatoms. The summed E-state index contributed by atoms with van der Waals surface area (Å²) in [5, 5.41) is 3.57. The van der Waals surface area contributed by atoms with Gasteiger partial charge in [-0.3, -0.25) is 9.69 Å². The minimum absolute atomic E-state index is 0.0224. The Morgan fingerprint density at radius 2 is 2.00 bits per heavy atom. The average Bonchev–Trinajstić information content (AvgIpc) is 2.95. The molecule has 0 saturated carbocycles. The van der Waals surface area contributed by atoms with Crippen molar-refractivity contribution in [3.63, 3.8) is 0 Å². The number of carbonyl (C=O) groups is 1. The van der Waals surface area contributed by atoms with E-state index in [0.29, 0.717) is 11.7 Å². The summed E-state index contributed by atoms with van der Waals surface area (Å²) in [5.41, 5.74) is 1.22. The van der Waals surface area contributed by atoms with Gasteiger partial charge in [-0.2, -0.15) is 0 Å². The van der Waals surface area contributed by atoms with Gasteiger partial charge >= 0.3 is 0 Å². The van der Waals surface area contributed by atoms with Gasteiger partial charge < -0.3 is 10.1 Å². The Bertz CT molecular complexity index is 709. The van der Waals surface area contributed by atoms with E-state index in [-0.39, 0.29) is 18.1 Å². The van der Waals surface area contributed by atoms with Crippen molar-refractivity contribution in [1.82, 2.24) is 9.88 Å². The zero-order chi connectivity index (χ0) is 17.8. The molecule has 5 nitrogen and oxygen atoms in total. The highest BCUT2D eigenvalue weighted by molar-refractivity contribution is 9.10. The maximum atomic E-state index is 12.3. The van der Waals surface area contributed by atoms with E-state index < -0.39 is 0 Å². The van der Waals surface area contributed by atoms with Crippen molar-refractivity contribution in [3.05, 3.63) is 45.4 Å². The van der Waals surface area contributed by atoms with Crippen LogP contribution in [0.3, 0.4) is 0 Å². The molecule has 0 aliphatic carbocycles. The zero-order valence-electron chi connectivity index (χ0n) is 14.4. The number of anilines is 1. The number of ether oxygens (including phenoxy) is 1. The standard InChI is InChI=1S/C18H22BrN3O2S/c1-12-9-22(10-13(2)24-12)11-17(23)21-18-20-8-16(25-18)7-14-3-5-15(19)6-4-14/h3-6,8,12-13H,7,9-11H2,1-2H3,(H,20,21,23)/t12-,13-/m1/s1. The number of thiazole rings is 1. The van der Waals surface area contributed by atoms with Crippen molar-refractivity contribution in [2.24, 2.45) is 0 Å². The molecule has 1 aromatic carbocycles. The summed E-state index contributed by atoms with van der Waals surface area (Å²) in [7, 11) is 0. The molecule has 0 spiro atoms. The molecule has 0 unspecified atom stereocenters. The molecule has 3 rings (SSSR count). The minimum Gasteiger partial charge on any atom is -0.373 e. The number of rotatable bonds is 5. The van der Waals surface area contributed by atoms with Gasteiger partial charge in [-0.15, -0.1) is 11.3 Å². The zero-order valence-corrected chi connectivity index (χ0v) is 16.8. The Morgan fingerprint density at radius 3 is 2.68 bits per heavy atom. The van der Waals surface area contributed by atoms with E-state index in [1.807, 2.05) is 32.2 Å². The first-order chi connectivity index (χ1) is 12.0. The van der Waals surface area contributed by atoms with Crippen molar-refractivity contribution >= 4 is 38.3 Å². The van der Waals surface area contributed by atoms with Crippen LogP contribution in [0.5, 0.6) is 0 Å². The molecule has 0 bridgehead atoms. The Labute approximate surface area is 160 Å². The fraction of sp³-hybridized carbons (Fsp3) is 0.444. The van der Waals surface area contributed by atoms with Crippen LogP contribution in [-0.2, 0) is 16.0 Å². The molecule has 2 atom stereocenters. The molecule has 1 N–H and O–H groups in total. The molecular formula is C18H22BrN3O2S. The molecule has 2 aromatic rings. The van der Waals surface area contributed by atoms with Gasteiger partial charge in [-0.25, -0.2) is 4.98 Å². The van der Waals surface area contributed by atoms with Crippen LogP contribution in [-0.4, -0.2) is 47.6 Å². The summed E-state index contributed by atoms with van der Waals surface area (Å²) in [6.07, 6.45) is 2.98. The van der Waals surface area contributed by atoms with Gasteiger partial charge in [0, 0.05) is 35.1 Å². The van der Waals surface area contributed by atoms with Gasteiger partial charge in [0.25, 0.3) is 0 Å². The second-order valence-corrected chi connectivity index (χ2v) is 8.47. The lowest BCUT2D eigenvalue weighted by atomic mass is 10.1. The van der Waals surface area contributed by atoms with E-state index in [1.54, 1.807) is 0 Å². The number of hydrogen-bond acceptors (Lipinski definition) is 5. The lowest BCUT2D eigenvalue weighted by Gasteiger charge is -2.34. The number of halogens is 1. The number of aromatic nitrogens is 1. The van der Waals surface area contributed by atoms with Crippen LogP contribution >= 0.6 is 27.3 Å². The molecular weight excluding hydrogens is 402 g/mol. The molecule has 1 amide bonds. The van der Waals surface area contributed by atoms with E-state index in [9.17, 15) is 4.79 Å². The van der Waals surface area contributed by atoms with Gasteiger partial charge in [-0.1, -0.05) is 28.1 Å². The normalized spacial score (nSPS) is 21.2.